The van der Waals surface area contributed by atoms with Gasteiger partial charge in [0.1, 0.15) is 12.4 Å². The molecule has 96 valence electrons. The summed E-state index contributed by atoms with van der Waals surface area (Å²) in [5, 5.41) is 0. The summed E-state index contributed by atoms with van der Waals surface area (Å²) in [7, 11) is 0. The number of hydrogen-bond donors (Lipinski definition) is 1. The minimum atomic E-state index is 0.0621. The molecule has 0 unspecified atom stereocenters. The van der Waals surface area contributed by atoms with E-state index in [9.17, 15) is 0 Å². The summed E-state index contributed by atoms with van der Waals surface area (Å²) < 4.78 is 11.1. The Bertz CT molecular complexity index is 348. The first-order valence-corrected chi connectivity index (χ1v) is 6.11. The predicted octanol–water partition coefficient (Wildman–Crippen LogP) is 2.82. The SMILES string of the molecule is Cc1cc([C@H](C)N)ccc1OCCOC(C)C. The second kappa shape index (κ2) is 6.62. The Labute approximate surface area is 104 Å². The summed E-state index contributed by atoms with van der Waals surface area (Å²) in [6, 6.07) is 6.12. The van der Waals surface area contributed by atoms with Crippen molar-refractivity contribution in [2.45, 2.75) is 39.8 Å². The van der Waals surface area contributed by atoms with Crippen LogP contribution in [0.2, 0.25) is 0 Å². The van der Waals surface area contributed by atoms with Gasteiger partial charge >= 0.3 is 0 Å². The highest BCUT2D eigenvalue weighted by molar-refractivity contribution is 5.37. The second-order valence-corrected chi connectivity index (χ2v) is 4.58. The zero-order chi connectivity index (χ0) is 12.8. The van der Waals surface area contributed by atoms with E-state index in [1.54, 1.807) is 0 Å². The Morgan fingerprint density at radius 2 is 1.88 bits per heavy atom. The van der Waals surface area contributed by atoms with Gasteiger partial charge in [-0.15, -0.1) is 0 Å². The Morgan fingerprint density at radius 1 is 1.18 bits per heavy atom. The van der Waals surface area contributed by atoms with Gasteiger partial charge < -0.3 is 15.2 Å². The monoisotopic (exact) mass is 237 g/mol. The molecule has 3 nitrogen and oxygen atoms in total. The summed E-state index contributed by atoms with van der Waals surface area (Å²) in [5.41, 5.74) is 8.07. The molecular weight excluding hydrogens is 214 g/mol. The average molecular weight is 237 g/mol. The maximum Gasteiger partial charge on any atom is 0.122 e. The van der Waals surface area contributed by atoms with Crippen LogP contribution >= 0.6 is 0 Å². The van der Waals surface area contributed by atoms with Gasteiger partial charge in [0.05, 0.1) is 12.7 Å². The van der Waals surface area contributed by atoms with Crippen LogP contribution in [0.15, 0.2) is 18.2 Å². The molecule has 2 N–H and O–H groups in total. The molecule has 1 aromatic carbocycles. The standard InChI is InChI=1S/C14H23NO2/c1-10(2)16-7-8-17-14-6-5-13(12(4)15)9-11(14)3/h5-6,9-10,12H,7-8,15H2,1-4H3/t12-/m0/s1. The normalized spacial score (nSPS) is 12.8. The summed E-state index contributed by atoms with van der Waals surface area (Å²) in [5.74, 6) is 0.904. The lowest BCUT2D eigenvalue weighted by Gasteiger charge is -2.13. The minimum Gasteiger partial charge on any atom is -0.491 e. The van der Waals surface area contributed by atoms with Gasteiger partial charge in [-0.05, 0) is 44.9 Å². The van der Waals surface area contributed by atoms with Crippen molar-refractivity contribution in [1.29, 1.82) is 0 Å². The molecule has 0 bridgehead atoms. The molecule has 1 atom stereocenters. The smallest absolute Gasteiger partial charge is 0.122 e. The highest BCUT2D eigenvalue weighted by Gasteiger charge is 2.04. The van der Waals surface area contributed by atoms with Gasteiger partial charge in [0.2, 0.25) is 0 Å². The molecule has 0 radical (unpaired) electrons. The fourth-order valence-corrected chi connectivity index (χ4v) is 1.55. The van der Waals surface area contributed by atoms with E-state index in [0.717, 1.165) is 16.9 Å². The van der Waals surface area contributed by atoms with Crippen LogP contribution in [-0.2, 0) is 4.74 Å². The van der Waals surface area contributed by atoms with Gasteiger partial charge in [-0.3, -0.25) is 0 Å². The van der Waals surface area contributed by atoms with E-state index in [1.807, 2.05) is 39.8 Å². The third kappa shape index (κ3) is 4.75. The topological polar surface area (TPSA) is 44.5 Å². The summed E-state index contributed by atoms with van der Waals surface area (Å²) in [4.78, 5) is 0. The first-order valence-electron chi connectivity index (χ1n) is 6.11. The van der Waals surface area contributed by atoms with Gasteiger partial charge in [-0.2, -0.15) is 0 Å². The fraction of sp³-hybridized carbons (Fsp3) is 0.571. The Balaban J connectivity index is 2.49. The van der Waals surface area contributed by atoms with Crippen molar-refractivity contribution < 1.29 is 9.47 Å². The quantitative estimate of drug-likeness (QED) is 0.774. The molecule has 0 spiro atoms. The van der Waals surface area contributed by atoms with Crippen molar-refractivity contribution in [3.63, 3.8) is 0 Å². The molecule has 0 heterocycles. The van der Waals surface area contributed by atoms with Gasteiger partial charge in [0.25, 0.3) is 0 Å². The molecule has 1 aromatic rings. The van der Waals surface area contributed by atoms with Crippen LogP contribution in [0.3, 0.4) is 0 Å². The largest absolute Gasteiger partial charge is 0.491 e. The third-order valence-corrected chi connectivity index (χ3v) is 2.52. The molecular formula is C14H23NO2. The van der Waals surface area contributed by atoms with Gasteiger partial charge in [-0.25, -0.2) is 0 Å². The van der Waals surface area contributed by atoms with E-state index >= 15 is 0 Å². The van der Waals surface area contributed by atoms with Crippen LogP contribution in [0.4, 0.5) is 0 Å². The predicted molar refractivity (Wildman–Crippen MR) is 70.4 cm³/mol. The zero-order valence-corrected chi connectivity index (χ0v) is 11.2. The number of rotatable bonds is 6. The van der Waals surface area contributed by atoms with Gasteiger partial charge in [0.15, 0.2) is 0 Å². The maximum atomic E-state index is 5.83. The first kappa shape index (κ1) is 14.0. The average Bonchev–Trinajstić information content (AvgIpc) is 2.25. The molecule has 3 heteroatoms. The number of aryl methyl sites for hydroxylation is 1. The van der Waals surface area contributed by atoms with Crippen LogP contribution in [0.25, 0.3) is 0 Å². The van der Waals surface area contributed by atoms with E-state index < -0.39 is 0 Å². The van der Waals surface area contributed by atoms with Crippen molar-refractivity contribution in [2.75, 3.05) is 13.2 Å². The minimum absolute atomic E-state index is 0.0621. The van der Waals surface area contributed by atoms with Crippen LogP contribution < -0.4 is 10.5 Å². The van der Waals surface area contributed by atoms with Gasteiger partial charge in [-0.1, -0.05) is 12.1 Å². The molecule has 0 aromatic heterocycles. The Kier molecular flexibility index (Phi) is 5.45. The number of ether oxygens (including phenoxy) is 2. The molecule has 0 aliphatic heterocycles. The van der Waals surface area contributed by atoms with Crippen LogP contribution in [0, 0.1) is 6.92 Å². The van der Waals surface area contributed by atoms with E-state index in [4.69, 9.17) is 15.2 Å². The molecule has 0 fully saturated rings. The van der Waals surface area contributed by atoms with Crippen molar-refractivity contribution >= 4 is 0 Å². The summed E-state index contributed by atoms with van der Waals surface area (Å²) in [6.45, 7) is 9.24. The summed E-state index contributed by atoms with van der Waals surface area (Å²) >= 11 is 0. The molecule has 0 aliphatic rings. The molecule has 0 amide bonds. The van der Waals surface area contributed by atoms with Crippen LogP contribution in [0.5, 0.6) is 5.75 Å². The number of nitrogens with two attached hydrogens (primary N) is 1. The zero-order valence-electron chi connectivity index (χ0n) is 11.2. The van der Waals surface area contributed by atoms with E-state index in [1.165, 1.54) is 0 Å². The second-order valence-electron chi connectivity index (χ2n) is 4.58. The van der Waals surface area contributed by atoms with Crippen molar-refractivity contribution in [1.82, 2.24) is 0 Å². The van der Waals surface area contributed by atoms with E-state index in [0.29, 0.717) is 13.2 Å². The maximum absolute atomic E-state index is 5.83. The lowest BCUT2D eigenvalue weighted by molar-refractivity contribution is 0.0551. The Hall–Kier alpha value is -1.06. The number of benzene rings is 1. The Morgan fingerprint density at radius 3 is 2.41 bits per heavy atom. The van der Waals surface area contributed by atoms with Crippen LogP contribution in [0.1, 0.15) is 37.9 Å². The highest BCUT2D eigenvalue weighted by atomic mass is 16.5. The van der Waals surface area contributed by atoms with Crippen molar-refractivity contribution in [3.8, 4) is 5.75 Å². The summed E-state index contributed by atoms with van der Waals surface area (Å²) in [6.07, 6.45) is 0.250. The molecule has 0 saturated carbocycles. The lowest BCUT2D eigenvalue weighted by Crippen LogP contribution is -2.12. The van der Waals surface area contributed by atoms with Crippen molar-refractivity contribution in [3.05, 3.63) is 29.3 Å². The van der Waals surface area contributed by atoms with E-state index in [2.05, 4.69) is 6.07 Å². The number of hydrogen-bond acceptors (Lipinski definition) is 3. The lowest BCUT2D eigenvalue weighted by atomic mass is 10.1. The molecule has 0 saturated heterocycles. The van der Waals surface area contributed by atoms with E-state index in [-0.39, 0.29) is 12.1 Å². The first-order chi connectivity index (χ1) is 8.00. The molecule has 1 rings (SSSR count). The third-order valence-electron chi connectivity index (χ3n) is 2.52. The van der Waals surface area contributed by atoms with Crippen molar-refractivity contribution in [2.24, 2.45) is 5.73 Å². The fourth-order valence-electron chi connectivity index (χ4n) is 1.55. The highest BCUT2D eigenvalue weighted by Crippen LogP contribution is 2.21. The molecule has 17 heavy (non-hydrogen) atoms. The van der Waals surface area contributed by atoms with Crippen LogP contribution in [-0.4, -0.2) is 19.3 Å². The van der Waals surface area contributed by atoms with Gasteiger partial charge in [0, 0.05) is 6.04 Å². The molecule has 0 aliphatic carbocycles.